The molecular formula is C23H20FN3OS. The first-order chi connectivity index (χ1) is 14.1. The molecule has 0 fully saturated rings. The number of hydrogen-bond acceptors (Lipinski definition) is 3. The number of aromatic nitrogens is 2. The lowest BCUT2D eigenvalue weighted by atomic mass is 10.1. The van der Waals surface area contributed by atoms with Gasteiger partial charge in [0.25, 0.3) is 0 Å². The number of carbonyl (C=O) groups excluding carboxylic acids is 1. The number of hydrogen-bond donors (Lipinski definition) is 2. The van der Waals surface area contributed by atoms with Gasteiger partial charge in [-0.25, -0.2) is 9.37 Å². The molecule has 6 heteroatoms. The number of halogens is 1. The smallest absolute Gasteiger partial charge is 0.238 e. The fourth-order valence-electron chi connectivity index (χ4n) is 3.05. The lowest BCUT2D eigenvalue weighted by molar-refractivity contribution is -0.120. The standard InChI is InChI=1S/C23H20FN3OS/c1-15-7-12-19-20(13-15)27-23(26-19)29-21(17-5-3-2-4-6-17)22(28)25-14-16-8-10-18(24)11-9-16/h2-13,21H,14H2,1H3,(H,25,28)(H,26,27). The van der Waals surface area contributed by atoms with Crippen LogP contribution in [-0.2, 0) is 11.3 Å². The minimum Gasteiger partial charge on any atom is -0.351 e. The number of aryl methyl sites for hydroxylation is 1. The Balaban J connectivity index is 1.55. The summed E-state index contributed by atoms with van der Waals surface area (Å²) in [7, 11) is 0. The number of nitrogens with one attached hydrogen (secondary N) is 2. The van der Waals surface area contributed by atoms with Gasteiger partial charge in [0.1, 0.15) is 11.1 Å². The minimum absolute atomic E-state index is 0.123. The van der Waals surface area contributed by atoms with Crippen molar-refractivity contribution >= 4 is 28.7 Å². The summed E-state index contributed by atoms with van der Waals surface area (Å²) in [4.78, 5) is 20.9. The highest BCUT2D eigenvalue weighted by Crippen LogP contribution is 2.35. The van der Waals surface area contributed by atoms with Gasteiger partial charge in [-0.2, -0.15) is 0 Å². The first-order valence-corrected chi connectivity index (χ1v) is 10.2. The number of amides is 1. The van der Waals surface area contributed by atoms with Crippen LogP contribution in [0.4, 0.5) is 4.39 Å². The molecule has 0 saturated carbocycles. The fourth-order valence-corrected chi connectivity index (χ4v) is 4.08. The first-order valence-electron chi connectivity index (χ1n) is 9.28. The van der Waals surface area contributed by atoms with Gasteiger partial charge in [-0.3, -0.25) is 4.79 Å². The molecule has 4 aromatic rings. The molecule has 4 rings (SSSR count). The molecule has 2 N–H and O–H groups in total. The molecule has 4 nitrogen and oxygen atoms in total. The molecule has 0 aliphatic rings. The van der Waals surface area contributed by atoms with Crippen LogP contribution in [-0.4, -0.2) is 15.9 Å². The molecule has 1 amide bonds. The van der Waals surface area contributed by atoms with E-state index in [1.54, 1.807) is 12.1 Å². The Kier molecular flexibility index (Phi) is 5.62. The van der Waals surface area contributed by atoms with Gasteiger partial charge in [0.15, 0.2) is 5.16 Å². The largest absolute Gasteiger partial charge is 0.351 e. The van der Waals surface area contributed by atoms with E-state index in [2.05, 4.69) is 15.3 Å². The zero-order chi connectivity index (χ0) is 20.2. The van der Waals surface area contributed by atoms with Crippen LogP contribution < -0.4 is 5.32 Å². The van der Waals surface area contributed by atoms with Crippen LogP contribution in [0.5, 0.6) is 0 Å². The van der Waals surface area contributed by atoms with Crippen molar-refractivity contribution in [1.29, 1.82) is 0 Å². The van der Waals surface area contributed by atoms with Crippen molar-refractivity contribution in [3.8, 4) is 0 Å². The number of aromatic amines is 1. The van der Waals surface area contributed by atoms with E-state index >= 15 is 0 Å². The Bertz CT molecular complexity index is 1130. The summed E-state index contributed by atoms with van der Waals surface area (Å²) in [5, 5.41) is 3.19. The van der Waals surface area contributed by atoms with Crippen molar-refractivity contribution in [1.82, 2.24) is 15.3 Å². The third kappa shape index (κ3) is 4.66. The van der Waals surface area contributed by atoms with Gasteiger partial charge >= 0.3 is 0 Å². The molecule has 29 heavy (non-hydrogen) atoms. The van der Waals surface area contributed by atoms with E-state index < -0.39 is 5.25 Å². The molecular weight excluding hydrogens is 385 g/mol. The molecule has 1 atom stereocenters. The van der Waals surface area contributed by atoms with Gasteiger partial charge in [-0.15, -0.1) is 0 Å². The Labute approximate surface area is 172 Å². The topological polar surface area (TPSA) is 57.8 Å². The lowest BCUT2D eigenvalue weighted by Crippen LogP contribution is -2.27. The molecule has 1 heterocycles. The Hall–Kier alpha value is -3.12. The number of rotatable bonds is 6. The predicted octanol–water partition coefficient (Wildman–Crippen LogP) is 5.16. The molecule has 1 aromatic heterocycles. The van der Waals surface area contributed by atoms with Crippen LogP contribution in [0.15, 0.2) is 78.0 Å². The first kappa shape index (κ1) is 19.2. The second kappa shape index (κ2) is 8.49. The van der Waals surface area contributed by atoms with E-state index in [0.29, 0.717) is 11.7 Å². The van der Waals surface area contributed by atoms with Crippen LogP contribution in [0.3, 0.4) is 0 Å². The van der Waals surface area contributed by atoms with Gasteiger partial charge in [0.05, 0.1) is 11.0 Å². The molecule has 0 aliphatic heterocycles. The quantitative estimate of drug-likeness (QED) is 0.436. The van der Waals surface area contributed by atoms with Crippen LogP contribution >= 0.6 is 11.8 Å². The summed E-state index contributed by atoms with van der Waals surface area (Å²) in [5.41, 5.74) is 4.71. The number of carbonyl (C=O) groups is 1. The van der Waals surface area contributed by atoms with E-state index in [1.807, 2.05) is 55.5 Å². The minimum atomic E-state index is -0.460. The van der Waals surface area contributed by atoms with Gasteiger partial charge in [0.2, 0.25) is 5.91 Å². The Morgan fingerprint density at radius 3 is 2.62 bits per heavy atom. The van der Waals surface area contributed by atoms with Crippen LogP contribution in [0.1, 0.15) is 21.9 Å². The summed E-state index contributed by atoms with van der Waals surface area (Å²) in [6.45, 7) is 2.37. The van der Waals surface area contributed by atoms with Crippen molar-refractivity contribution in [3.63, 3.8) is 0 Å². The van der Waals surface area contributed by atoms with Crippen molar-refractivity contribution in [3.05, 3.63) is 95.3 Å². The molecule has 0 aliphatic carbocycles. The highest BCUT2D eigenvalue weighted by atomic mass is 32.2. The van der Waals surface area contributed by atoms with E-state index in [4.69, 9.17) is 0 Å². The van der Waals surface area contributed by atoms with Crippen molar-refractivity contribution in [2.24, 2.45) is 0 Å². The summed E-state index contributed by atoms with van der Waals surface area (Å²) < 4.78 is 13.1. The van der Waals surface area contributed by atoms with Crippen molar-refractivity contribution in [2.45, 2.75) is 23.9 Å². The van der Waals surface area contributed by atoms with Crippen LogP contribution in [0.2, 0.25) is 0 Å². The zero-order valence-corrected chi connectivity index (χ0v) is 16.7. The number of H-pyrrole nitrogens is 1. The third-order valence-corrected chi connectivity index (χ3v) is 5.70. The summed E-state index contributed by atoms with van der Waals surface area (Å²) in [6.07, 6.45) is 0. The Morgan fingerprint density at radius 1 is 1.10 bits per heavy atom. The predicted molar refractivity (Wildman–Crippen MR) is 114 cm³/mol. The molecule has 0 spiro atoms. The second-order valence-corrected chi connectivity index (χ2v) is 7.91. The number of fused-ring (bicyclic) bond motifs is 1. The van der Waals surface area contributed by atoms with E-state index in [1.165, 1.54) is 23.9 Å². The summed E-state index contributed by atoms with van der Waals surface area (Å²) >= 11 is 1.38. The average molecular weight is 405 g/mol. The number of imidazole rings is 1. The van der Waals surface area contributed by atoms with Gasteiger partial charge < -0.3 is 10.3 Å². The monoisotopic (exact) mass is 405 g/mol. The maximum atomic E-state index is 13.1. The number of benzene rings is 3. The molecule has 0 saturated heterocycles. The molecule has 1 unspecified atom stereocenters. The number of nitrogens with zero attached hydrogens (tertiary/aromatic N) is 1. The van der Waals surface area contributed by atoms with Crippen LogP contribution in [0, 0.1) is 12.7 Å². The summed E-state index contributed by atoms with van der Waals surface area (Å²) in [6, 6.07) is 21.8. The number of thioether (sulfide) groups is 1. The van der Waals surface area contributed by atoms with E-state index in [9.17, 15) is 9.18 Å². The second-order valence-electron chi connectivity index (χ2n) is 6.82. The maximum Gasteiger partial charge on any atom is 0.238 e. The van der Waals surface area contributed by atoms with Crippen molar-refractivity contribution in [2.75, 3.05) is 0 Å². The molecule has 0 bridgehead atoms. The van der Waals surface area contributed by atoms with Crippen molar-refractivity contribution < 1.29 is 9.18 Å². The van der Waals surface area contributed by atoms with Crippen LogP contribution in [0.25, 0.3) is 11.0 Å². The lowest BCUT2D eigenvalue weighted by Gasteiger charge is -2.16. The maximum absolute atomic E-state index is 13.1. The highest BCUT2D eigenvalue weighted by Gasteiger charge is 2.23. The van der Waals surface area contributed by atoms with Gasteiger partial charge in [-0.1, -0.05) is 60.3 Å². The van der Waals surface area contributed by atoms with Gasteiger partial charge in [-0.05, 0) is 47.9 Å². The molecule has 146 valence electrons. The summed E-state index contributed by atoms with van der Waals surface area (Å²) in [5.74, 6) is -0.417. The highest BCUT2D eigenvalue weighted by molar-refractivity contribution is 8.00. The molecule has 3 aromatic carbocycles. The fraction of sp³-hybridized carbons (Fsp3) is 0.130. The SMILES string of the molecule is Cc1ccc2nc(SC(C(=O)NCc3ccc(F)cc3)c3ccccc3)[nH]c2c1. The van der Waals surface area contributed by atoms with Gasteiger partial charge in [0, 0.05) is 6.54 Å². The zero-order valence-electron chi connectivity index (χ0n) is 15.9. The van der Waals surface area contributed by atoms with E-state index in [0.717, 1.165) is 27.7 Å². The normalized spacial score (nSPS) is 12.1. The Morgan fingerprint density at radius 2 is 1.86 bits per heavy atom. The third-order valence-electron chi connectivity index (χ3n) is 4.57. The average Bonchev–Trinajstić information content (AvgIpc) is 3.13. The molecule has 0 radical (unpaired) electrons. The van der Waals surface area contributed by atoms with E-state index in [-0.39, 0.29) is 11.7 Å².